The number of nitrogens with zero attached hydrogens (tertiary/aromatic N) is 2. The van der Waals surface area contributed by atoms with E-state index < -0.39 is 0 Å². The van der Waals surface area contributed by atoms with Crippen LogP contribution in [0.15, 0.2) is 42.2 Å². The van der Waals surface area contributed by atoms with Crippen molar-refractivity contribution in [3.8, 4) is 0 Å². The SMILES string of the molecule is CCNC(Cn1cnc2ccccc21)C1=CCCCCC1. The van der Waals surface area contributed by atoms with Crippen LogP contribution in [-0.2, 0) is 6.54 Å². The van der Waals surface area contributed by atoms with Gasteiger partial charge in [0.2, 0.25) is 0 Å². The first-order valence-electron chi connectivity index (χ1n) is 8.20. The predicted molar refractivity (Wildman–Crippen MR) is 88.4 cm³/mol. The Bertz CT molecular complexity index is 612. The van der Waals surface area contributed by atoms with Crippen LogP contribution in [0.3, 0.4) is 0 Å². The van der Waals surface area contributed by atoms with Gasteiger partial charge in [0.25, 0.3) is 0 Å². The van der Waals surface area contributed by atoms with Gasteiger partial charge in [0.05, 0.1) is 17.4 Å². The predicted octanol–water partition coefficient (Wildman–Crippen LogP) is 3.90. The van der Waals surface area contributed by atoms with Gasteiger partial charge in [0.15, 0.2) is 0 Å². The Kier molecular flexibility index (Phi) is 4.71. The third-order valence-corrected chi connectivity index (χ3v) is 4.38. The van der Waals surface area contributed by atoms with Crippen LogP contribution >= 0.6 is 0 Å². The summed E-state index contributed by atoms with van der Waals surface area (Å²) in [4.78, 5) is 4.51. The smallest absolute Gasteiger partial charge is 0.0958 e. The van der Waals surface area contributed by atoms with Crippen molar-refractivity contribution >= 4 is 11.0 Å². The van der Waals surface area contributed by atoms with Crippen molar-refractivity contribution in [2.75, 3.05) is 6.54 Å². The molecule has 0 fully saturated rings. The molecule has 0 saturated carbocycles. The van der Waals surface area contributed by atoms with Crippen LogP contribution in [0, 0.1) is 0 Å². The number of likely N-dealkylation sites (N-methyl/N-ethyl adjacent to an activating group) is 1. The van der Waals surface area contributed by atoms with Crippen LogP contribution in [-0.4, -0.2) is 22.1 Å². The second-order valence-corrected chi connectivity index (χ2v) is 5.87. The lowest BCUT2D eigenvalue weighted by atomic mass is 10.0. The molecule has 1 aliphatic rings. The van der Waals surface area contributed by atoms with E-state index in [-0.39, 0.29) is 0 Å². The van der Waals surface area contributed by atoms with Gasteiger partial charge in [-0.15, -0.1) is 0 Å². The van der Waals surface area contributed by atoms with Crippen molar-refractivity contribution in [2.24, 2.45) is 0 Å². The molecule has 0 bridgehead atoms. The Balaban J connectivity index is 1.82. The summed E-state index contributed by atoms with van der Waals surface area (Å²) in [6.07, 6.45) is 11.0. The molecule has 21 heavy (non-hydrogen) atoms. The number of rotatable bonds is 5. The van der Waals surface area contributed by atoms with E-state index in [4.69, 9.17) is 0 Å². The molecule has 0 amide bonds. The Morgan fingerprint density at radius 3 is 3.05 bits per heavy atom. The molecule has 1 atom stereocenters. The summed E-state index contributed by atoms with van der Waals surface area (Å²) >= 11 is 0. The van der Waals surface area contributed by atoms with Crippen LogP contribution in [0.2, 0.25) is 0 Å². The lowest BCUT2D eigenvalue weighted by Crippen LogP contribution is -2.34. The van der Waals surface area contributed by atoms with Crippen molar-refractivity contribution in [3.05, 3.63) is 42.2 Å². The average Bonchev–Trinajstić information content (AvgIpc) is 2.73. The number of benzene rings is 1. The van der Waals surface area contributed by atoms with E-state index in [1.54, 1.807) is 5.57 Å². The number of fused-ring (bicyclic) bond motifs is 1. The van der Waals surface area contributed by atoms with E-state index in [2.05, 4.69) is 52.1 Å². The molecule has 3 rings (SSSR count). The zero-order chi connectivity index (χ0) is 14.5. The number of nitrogens with one attached hydrogen (secondary N) is 1. The van der Waals surface area contributed by atoms with E-state index in [1.165, 1.54) is 37.6 Å². The minimum absolute atomic E-state index is 0.436. The number of hydrogen-bond acceptors (Lipinski definition) is 2. The van der Waals surface area contributed by atoms with Gasteiger partial charge in [-0.1, -0.05) is 37.1 Å². The van der Waals surface area contributed by atoms with Gasteiger partial charge >= 0.3 is 0 Å². The van der Waals surface area contributed by atoms with Gasteiger partial charge in [0, 0.05) is 12.6 Å². The molecule has 1 unspecified atom stereocenters. The molecule has 0 radical (unpaired) electrons. The van der Waals surface area contributed by atoms with Crippen LogP contribution in [0.1, 0.15) is 39.0 Å². The molecule has 0 saturated heterocycles. The van der Waals surface area contributed by atoms with Gasteiger partial charge < -0.3 is 9.88 Å². The van der Waals surface area contributed by atoms with Gasteiger partial charge in [-0.3, -0.25) is 0 Å². The number of imidazole rings is 1. The Hall–Kier alpha value is -1.61. The van der Waals surface area contributed by atoms with E-state index in [9.17, 15) is 0 Å². The summed E-state index contributed by atoms with van der Waals surface area (Å²) < 4.78 is 2.29. The van der Waals surface area contributed by atoms with Crippen LogP contribution in [0.25, 0.3) is 11.0 Å². The van der Waals surface area contributed by atoms with Crippen molar-refractivity contribution in [1.29, 1.82) is 0 Å². The molecule has 2 aromatic rings. The van der Waals surface area contributed by atoms with Gasteiger partial charge in [-0.2, -0.15) is 0 Å². The number of hydrogen-bond donors (Lipinski definition) is 1. The fourth-order valence-corrected chi connectivity index (χ4v) is 3.27. The molecule has 0 spiro atoms. The Labute approximate surface area is 127 Å². The normalized spacial score (nSPS) is 17.5. The van der Waals surface area contributed by atoms with E-state index >= 15 is 0 Å². The zero-order valence-electron chi connectivity index (χ0n) is 12.9. The zero-order valence-corrected chi connectivity index (χ0v) is 12.9. The Morgan fingerprint density at radius 2 is 2.14 bits per heavy atom. The number of para-hydroxylation sites is 2. The second kappa shape index (κ2) is 6.90. The fraction of sp³-hybridized carbons (Fsp3) is 0.500. The summed E-state index contributed by atoms with van der Waals surface area (Å²) in [6, 6.07) is 8.82. The monoisotopic (exact) mass is 283 g/mol. The third kappa shape index (κ3) is 3.35. The van der Waals surface area contributed by atoms with E-state index in [0.29, 0.717) is 6.04 Å². The molecule has 0 aliphatic heterocycles. The maximum Gasteiger partial charge on any atom is 0.0958 e. The quantitative estimate of drug-likeness (QED) is 0.843. The highest BCUT2D eigenvalue weighted by atomic mass is 15.1. The summed E-state index contributed by atoms with van der Waals surface area (Å²) in [5, 5.41) is 3.67. The highest BCUT2D eigenvalue weighted by Crippen LogP contribution is 2.22. The third-order valence-electron chi connectivity index (χ3n) is 4.38. The minimum Gasteiger partial charge on any atom is -0.329 e. The van der Waals surface area contributed by atoms with Crippen LogP contribution in [0.4, 0.5) is 0 Å². The Morgan fingerprint density at radius 1 is 1.24 bits per heavy atom. The molecular weight excluding hydrogens is 258 g/mol. The van der Waals surface area contributed by atoms with Gasteiger partial charge in [-0.25, -0.2) is 4.98 Å². The van der Waals surface area contributed by atoms with Crippen molar-refractivity contribution in [2.45, 2.75) is 51.6 Å². The number of allylic oxidation sites excluding steroid dienone is 1. The molecule has 1 heterocycles. The lowest BCUT2D eigenvalue weighted by Gasteiger charge is -2.22. The van der Waals surface area contributed by atoms with Gasteiger partial charge in [-0.05, 0) is 44.4 Å². The van der Waals surface area contributed by atoms with E-state index in [0.717, 1.165) is 18.6 Å². The van der Waals surface area contributed by atoms with E-state index in [1.807, 2.05) is 6.33 Å². The molecule has 1 aromatic carbocycles. The highest BCUT2D eigenvalue weighted by molar-refractivity contribution is 5.74. The van der Waals surface area contributed by atoms with Crippen LogP contribution in [0.5, 0.6) is 0 Å². The molecular formula is C18H25N3. The van der Waals surface area contributed by atoms with Gasteiger partial charge in [0.1, 0.15) is 0 Å². The molecule has 3 nitrogen and oxygen atoms in total. The van der Waals surface area contributed by atoms with Crippen molar-refractivity contribution in [1.82, 2.24) is 14.9 Å². The minimum atomic E-state index is 0.436. The largest absolute Gasteiger partial charge is 0.329 e. The lowest BCUT2D eigenvalue weighted by molar-refractivity contribution is 0.499. The first-order valence-corrected chi connectivity index (χ1v) is 8.20. The summed E-state index contributed by atoms with van der Waals surface area (Å²) in [6.45, 7) is 4.17. The average molecular weight is 283 g/mol. The maximum atomic E-state index is 4.51. The fourth-order valence-electron chi connectivity index (χ4n) is 3.27. The molecule has 112 valence electrons. The van der Waals surface area contributed by atoms with Crippen LogP contribution < -0.4 is 5.32 Å². The number of aromatic nitrogens is 2. The summed E-state index contributed by atoms with van der Waals surface area (Å²) in [7, 11) is 0. The standard InChI is InChI=1S/C18H25N3/c1-2-19-17(15-9-5-3-4-6-10-15)13-21-14-20-16-11-7-8-12-18(16)21/h7-9,11-12,14,17,19H,2-6,10,13H2,1H3. The summed E-state index contributed by atoms with van der Waals surface area (Å²) in [5.74, 6) is 0. The first kappa shape index (κ1) is 14.3. The van der Waals surface area contributed by atoms with Crippen molar-refractivity contribution < 1.29 is 0 Å². The molecule has 1 N–H and O–H groups in total. The maximum absolute atomic E-state index is 4.51. The molecule has 1 aliphatic carbocycles. The topological polar surface area (TPSA) is 29.9 Å². The molecule has 1 aromatic heterocycles. The first-order chi connectivity index (χ1) is 10.4. The highest BCUT2D eigenvalue weighted by Gasteiger charge is 2.16. The second-order valence-electron chi connectivity index (χ2n) is 5.87. The molecule has 3 heteroatoms. The van der Waals surface area contributed by atoms with Crippen molar-refractivity contribution in [3.63, 3.8) is 0 Å². The summed E-state index contributed by atoms with van der Waals surface area (Å²) in [5.41, 5.74) is 3.91.